The van der Waals surface area contributed by atoms with Gasteiger partial charge in [0.25, 0.3) is 0 Å². The summed E-state index contributed by atoms with van der Waals surface area (Å²) in [6, 6.07) is 9.48. The van der Waals surface area contributed by atoms with Crippen LogP contribution in [0.25, 0.3) is 11.3 Å². The molecule has 2 aromatic rings. The molecule has 0 atom stereocenters. The highest BCUT2D eigenvalue weighted by Crippen LogP contribution is 2.23. The zero-order valence-electron chi connectivity index (χ0n) is 11.4. The minimum atomic E-state index is 0.253. The van der Waals surface area contributed by atoms with Crippen LogP contribution in [0.15, 0.2) is 36.5 Å². The van der Waals surface area contributed by atoms with Crippen LogP contribution in [0, 0.1) is 0 Å². The molecule has 0 radical (unpaired) electrons. The first-order chi connectivity index (χ1) is 9.81. The third kappa shape index (κ3) is 3.07. The maximum absolute atomic E-state index is 9.55. The number of hydrogen-bond acceptors (Lipinski definition) is 4. The van der Waals surface area contributed by atoms with Gasteiger partial charge in [-0.15, -0.1) is 0 Å². The van der Waals surface area contributed by atoms with Gasteiger partial charge in [-0.25, -0.2) is 9.97 Å². The molecule has 1 aromatic carbocycles. The highest BCUT2D eigenvalue weighted by molar-refractivity contribution is 5.61. The Kier molecular flexibility index (Phi) is 3.81. The van der Waals surface area contributed by atoms with Crippen molar-refractivity contribution in [1.29, 1.82) is 0 Å². The van der Waals surface area contributed by atoms with Gasteiger partial charge in [-0.2, -0.15) is 0 Å². The van der Waals surface area contributed by atoms with E-state index >= 15 is 0 Å². The summed E-state index contributed by atoms with van der Waals surface area (Å²) in [5, 5.41) is 13.0. The molecule has 2 N–H and O–H groups in total. The summed E-state index contributed by atoms with van der Waals surface area (Å²) in [4.78, 5) is 8.84. The van der Waals surface area contributed by atoms with Crippen molar-refractivity contribution >= 4 is 5.95 Å². The van der Waals surface area contributed by atoms with E-state index in [2.05, 4.69) is 15.3 Å². The number of phenols is 1. The van der Waals surface area contributed by atoms with Crippen molar-refractivity contribution in [2.75, 3.05) is 5.32 Å². The summed E-state index contributed by atoms with van der Waals surface area (Å²) in [7, 11) is 0. The Bertz CT molecular complexity index is 579. The van der Waals surface area contributed by atoms with E-state index in [-0.39, 0.29) is 5.75 Å². The minimum absolute atomic E-state index is 0.253. The van der Waals surface area contributed by atoms with Gasteiger partial charge in [-0.3, -0.25) is 0 Å². The molecular formula is C16H19N3O. The number of aromatic hydroxyl groups is 1. The van der Waals surface area contributed by atoms with Crippen molar-refractivity contribution in [3.8, 4) is 17.0 Å². The van der Waals surface area contributed by atoms with Crippen LogP contribution in [0.5, 0.6) is 5.75 Å². The molecule has 4 nitrogen and oxygen atoms in total. The molecule has 1 saturated carbocycles. The number of benzene rings is 1. The highest BCUT2D eigenvalue weighted by atomic mass is 16.3. The average Bonchev–Trinajstić information content (AvgIpc) is 2.49. The number of aromatic nitrogens is 2. The Morgan fingerprint density at radius 3 is 2.75 bits per heavy atom. The van der Waals surface area contributed by atoms with Gasteiger partial charge in [0.05, 0.1) is 5.69 Å². The molecule has 3 rings (SSSR count). The molecule has 20 heavy (non-hydrogen) atoms. The van der Waals surface area contributed by atoms with Crippen LogP contribution in [0.2, 0.25) is 0 Å². The molecule has 0 spiro atoms. The fourth-order valence-electron chi connectivity index (χ4n) is 2.68. The average molecular weight is 269 g/mol. The quantitative estimate of drug-likeness (QED) is 0.894. The van der Waals surface area contributed by atoms with Crippen LogP contribution in [-0.2, 0) is 0 Å². The number of phenolic OH excluding ortho intramolecular Hbond substituents is 1. The fraction of sp³-hybridized carbons (Fsp3) is 0.375. The molecule has 1 fully saturated rings. The van der Waals surface area contributed by atoms with Gasteiger partial charge in [0.1, 0.15) is 5.75 Å². The van der Waals surface area contributed by atoms with E-state index in [0.29, 0.717) is 12.0 Å². The van der Waals surface area contributed by atoms with E-state index < -0.39 is 0 Å². The second kappa shape index (κ2) is 5.90. The van der Waals surface area contributed by atoms with E-state index in [1.165, 1.54) is 32.1 Å². The van der Waals surface area contributed by atoms with E-state index in [9.17, 15) is 5.11 Å². The third-order valence-corrected chi connectivity index (χ3v) is 3.74. The molecule has 1 aliphatic carbocycles. The molecule has 0 unspecified atom stereocenters. The molecule has 0 bridgehead atoms. The summed E-state index contributed by atoms with van der Waals surface area (Å²) in [6.07, 6.45) is 8.05. The molecule has 0 aliphatic heterocycles. The topological polar surface area (TPSA) is 58.0 Å². The lowest BCUT2D eigenvalue weighted by Gasteiger charge is -2.22. The first kappa shape index (κ1) is 12.9. The fourth-order valence-corrected chi connectivity index (χ4v) is 2.68. The zero-order valence-corrected chi connectivity index (χ0v) is 11.4. The lowest BCUT2D eigenvalue weighted by atomic mass is 9.96. The standard InChI is InChI=1S/C16H19N3O/c20-14-8-4-5-12(11-14)15-9-10-17-16(19-15)18-13-6-2-1-3-7-13/h4-5,8-11,13,20H,1-3,6-7H2,(H,17,18,19). The van der Waals surface area contributed by atoms with Gasteiger partial charge >= 0.3 is 0 Å². The Morgan fingerprint density at radius 2 is 1.95 bits per heavy atom. The van der Waals surface area contributed by atoms with Gasteiger partial charge in [-0.05, 0) is 31.0 Å². The normalized spacial score (nSPS) is 16.0. The monoisotopic (exact) mass is 269 g/mol. The Hall–Kier alpha value is -2.10. The van der Waals surface area contributed by atoms with Crippen LogP contribution in [0.3, 0.4) is 0 Å². The molecule has 1 heterocycles. The van der Waals surface area contributed by atoms with Crippen molar-refractivity contribution < 1.29 is 5.11 Å². The van der Waals surface area contributed by atoms with Gasteiger partial charge in [0.2, 0.25) is 5.95 Å². The summed E-state index contributed by atoms with van der Waals surface area (Å²) >= 11 is 0. The molecule has 0 saturated heterocycles. The first-order valence-electron chi connectivity index (χ1n) is 7.20. The maximum atomic E-state index is 9.55. The molecular weight excluding hydrogens is 250 g/mol. The van der Waals surface area contributed by atoms with Gasteiger partial charge in [0.15, 0.2) is 0 Å². The van der Waals surface area contributed by atoms with E-state index in [4.69, 9.17) is 0 Å². The van der Waals surface area contributed by atoms with Crippen LogP contribution < -0.4 is 5.32 Å². The highest BCUT2D eigenvalue weighted by Gasteiger charge is 2.14. The molecule has 1 aromatic heterocycles. The number of nitrogens with zero attached hydrogens (tertiary/aromatic N) is 2. The van der Waals surface area contributed by atoms with Crippen molar-refractivity contribution in [3.05, 3.63) is 36.5 Å². The first-order valence-corrected chi connectivity index (χ1v) is 7.20. The summed E-state index contributed by atoms with van der Waals surface area (Å²) < 4.78 is 0. The maximum Gasteiger partial charge on any atom is 0.223 e. The Morgan fingerprint density at radius 1 is 1.10 bits per heavy atom. The third-order valence-electron chi connectivity index (χ3n) is 3.74. The van der Waals surface area contributed by atoms with Crippen molar-refractivity contribution in [2.45, 2.75) is 38.1 Å². The number of rotatable bonds is 3. The minimum Gasteiger partial charge on any atom is -0.508 e. The van der Waals surface area contributed by atoms with E-state index in [0.717, 1.165) is 11.3 Å². The number of hydrogen-bond donors (Lipinski definition) is 2. The van der Waals surface area contributed by atoms with Crippen LogP contribution in [0.1, 0.15) is 32.1 Å². The largest absolute Gasteiger partial charge is 0.508 e. The van der Waals surface area contributed by atoms with Crippen LogP contribution in [-0.4, -0.2) is 21.1 Å². The van der Waals surface area contributed by atoms with Gasteiger partial charge in [0, 0.05) is 17.8 Å². The molecule has 4 heteroatoms. The van der Waals surface area contributed by atoms with E-state index in [1.807, 2.05) is 18.2 Å². The van der Waals surface area contributed by atoms with Crippen LogP contribution >= 0.6 is 0 Å². The predicted molar refractivity (Wildman–Crippen MR) is 79.6 cm³/mol. The Balaban J connectivity index is 1.78. The lowest BCUT2D eigenvalue weighted by molar-refractivity contribution is 0.461. The smallest absolute Gasteiger partial charge is 0.223 e. The van der Waals surface area contributed by atoms with Gasteiger partial charge in [-0.1, -0.05) is 31.4 Å². The molecule has 1 aliphatic rings. The summed E-state index contributed by atoms with van der Waals surface area (Å²) in [5.41, 5.74) is 1.73. The lowest BCUT2D eigenvalue weighted by Crippen LogP contribution is -2.23. The number of nitrogens with one attached hydrogen (secondary N) is 1. The Labute approximate surface area is 118 Å². The summed E-state index contributed by atoms with van der Waals surface area (Å²) in [6.45, 7) is 0. The van der Waals surface area contributed by atoms with E-state index in [1.54, 1.807) is 18.3 Å². The van der Waals surface area contributed by atoms with Crippen molar-refractivity contribution in [3.63, 3.8) is 0 Å². The van der Waals surface area contributed by atoms with Crippen molar-refractivity contribution in [2.24, 2.45) is 0 Å². The second-order valence-electron chi connectivity index (χ2n) is 5.30. The SMILES string of the molecule is Oc1cccc(-c2ccnc(NC3CCCCC3)n2)c1. The second-order valence-corrected chi connectivity index (χ2v) is 5.30. The predicted octanol–water partition coefficient (Wildman–Crippen LogP) is 3.59. The molecule has 0 amide bonds. The summed E-state index contributed by atoms with van der Waals surface area (Å²) in [5.74, 6) is 0.931. The van der Waals surface area contributed by atoms with Crippen LogP contribution in [0.4, 0.5) is 5.95 Å². The van der Waals surface area contributed by atoms with Gasteiger partial charge < -0.3 is 10.4 Å². The zero-order chi connectivity index (χ0) is 13.8. The van der Waals surface area contributed by atoms with Crippen molar-refractivity contribution in [1.82, 2.24) is 9.97 Å². The molecule has 104 valence electrons. The number of anilines is 1.